The van der Waals surface area contributed by atoms with Crippen molar-refractivity contribution >= 4 is 17.2 Å². The molecular weight excluding hydrogens is 316 g/mol. The predicted octanol–water partition coefficient (Wildman–Crippen LogP) is 3.33. The van der Waals surface area contributed by atoms with E-state index in [1.54, 1.807) is 0 Å². The number of carbonyl (C=O) groups excluding carboxylic acids is 1. The van der Waals surface area contributed by atoms with Crippen molar-refractivity contribution in [1.29, 1.82) is 0 Å². The average Bonchev–Trinajstić information content (AvgIpc) is 3.09. The minimum absolute atomic E-state index is 0.0371. The van der Waals surface area contributed by atoms with Crippen LogP contribution in [0, 0.1) is 17.8 Å². The Balaban J connectivity index is 1.67. The van der Waals surface area contributed by atoms with Gasteiger partial charge in [-0.3, -0.25) is 4.79 Å². The van der Waals surface area contributed by atoms with E-state index in [1.807, 2.05) is 23.0 Å². The summed E-state index contributed by atoms with van der Waals surface area (Å²) in [6.45, 7) is 2.31. The van der Waals surface area contributed by atoms with Crippen LogP contribution in [0.4, 0.5) is 0 Å². The summed E-state index contributed by atoms with van der Waals surface area (Å²) in [4.78, 5) is 11.6. The van der Waals surface area contributed by atoms with Crippen LogP contribution in [-0.4, -0.2) is 35.9 Å². The van der Waals surface area contributed by atoms with Gasteiger partial charge in [0.15, 0.2) is 12.5 Å². The van der Waals surface area contributed by atoms with E-state index in [1.165, 1.54) is 0 Å². The lowest BCUT2D eigenvalue weighted by molar-refractivity contribution is -0.0366. The number of nitrogens with zero attached hydrogens (tertiary/aromatic N) is 2. The molecule has 5 heteroatoms. The SMILES string of the molecule is O=Cc1cc2c(cnn2C2CCCCO2)cc1C#CC1CCOCC1. The molecule has 0 saturated carbocycles. The zero-order valence-corrected chi connectivity index (χ0v) is 14.2. The van der Waals surface area contributed by atoms with Gasteiger partial charge in [0.1, 0.15) is 0 Å². The molecule has 2 aliphatic rings. The molecule has 0 amide bonds. The number of fused-ring (bicyclic) bond motifs is 1. The Hall–Kier alpha value is -2.16. The van der Waals surface area contributed by atoms with Crippen molar-refractivity contribution in [2.45, 2.75) is 38.3 Å². The normalized spacial score (nSPS) is 21.7. The molecule has 2 aliphatic heterocycles. The summed E-state index contributed by atoms with van der Waals surface area (Å²) < 4.78 is 13.1. The lowest BCUT2D eigenvalue weighted by Crippen LogP contribution is -2.19. The van der Waals surface area contributed by atoms with Crippen LogP contribution in [0.5, 0.6) is 0 Å². The number of hydrogen-bond acceptors (Lipinski definition) is 4. The third-order valence-corrected chi connectivity index (χ3v) is 4.95. The Morgan fingerprint density at radius 3 is 2.80 bits per heavy atom. The largest absolute Gasteiger partial charge is 0.381 e. The summed E-state index contributed by atoms with van der Waals surface area (Å²) >= 11 is 0. The fourth-order valence-electron chi connectivity index (χ4n) is 3.48. The number of rotatable bonds is 2. The monoisotopic (exact) mass is 338 g/mol. The maximum Gasteiger partial charge on any atom is 0.151 e. The molecule has 0 spiro atoms. The molecule has 0 aliphatic carbocycles. The van der Waals surface area contributed by atoms with E-state index < -0.39 is 0 Å². The third kappa shape index (κ3) is 3.46. The molecule has 1 atom stereocenters. The Bertz CT molecular complexity index is 819. The van der Waals surface area contributed by atoms with E-state index in [-0.39, 0.29) is 6.23 Å². The Kier molecular flexibility index (Phi) is 4.82. The van der Waals surface area contributed by atoms with E-state index in [2.05, 4.69) is 16.9 Å². The number of ether oxygens (including phenoxy) is 2. The van der Waals surface area contributed by atoms with Gasteiger partial charge in [-0.25, -0.2) is 4.68 Å². The van der Waals surface area contributed by atoms with Gasteiger partial charge >= 0.3 is 0 Å². The molecule has 4 rings (SSSR count). The predicted molar refractivity (Wildman–Crippen MR) is 94.4 cm³/mol. The van der Waals surface area contributed by atoms with Crippen LogP contribution in [0.1, 0.15) is 54.3 Å². The van der Waals surface area contributed by atoms with E-state index in [0.717, 1.165) is 74.7 Å². The lowest BCUT2D eigenvalue weighted by Gasteiger charge is -2.23. The van der Waals surface area contributed by atoms with Crippen molar-refractivity contribution in [3.05, 3.63) is 29.5 Å². The number of aldehydes is 1. The molecule has 1 aromatic carbocycles. The van der Waals surface area contributed by atoms with Crippen molar-refractivity contribution in [1.82, 2.24) is 9.78 Å². The second-order valence-corrected chi connectivity index (χ2v) is 6.68. The van der Waals surface area contributed by atoms with Gasteiger partial charge in [-0.1, -0.05) is 11.8 Å². The average molecular weight is 338 g/mol. The van der Waals surface area contributed by atoms with Gasteiger partial charge in [0, 0.05) is 42.3 Å². The molecule has 0 radical (unpaired) electrons. The third-order valence-electron chi connectivity index (χ3n) is 4.95. The fourth-order valence-corrected chi connectivity index (χ4v) is 3.48. The molecule has 2 fully saturated rings. The van der Waals surface area contributed by atoms with Crippen LogP contribution in [0.25, 0.3) is 10.9 Å². The lowest BCUT2D eigenvalue weighted by atomic mass is 9.99. The zero-order chi connectivity index (χ0) is 17.1. The molecule has 2 saturated heterocycles. The highest BCUT2D eigenvalue weighted by Crippen LogP contribution is 2.27. The van der Waals surface area contributed by atoms with Crippen LogP contribution in [0.3, 0.4) is 0 Å². The zero-order valence-electron chi connectivity index (χ0n) is 14.2. The molecule has 3 heterocycles. The van der Waals surface area contributed by atoms with Gasteiger partial charge in [-0.15, -0.1) is 0 Å². The van der Waals surface area contributed by atoms with Gasteiger partial charge in [-0.05, 0) is 44.2 Å². The van der Waals surface area contributed by atoms with Gasteiger partial charge in [0.05, 0.1) is 11.7 Å². The summed E-state index contributed by atoms with van der Waals surface area (Å²) in [7, 11) is 0. The highest BCUT2D eigenvalue weighted by Gasteiger charge is 2.19. The molecule has 1 aromatic heterocycles. The fraction of sp³-hybridized carbons (Fsp3) is 0.500. The topological polar surface area (TPSA) is 53.4 Å². The molecule has 0 bridgehead atoms. The van der Waals surface area contributed by atoms with Crippen LogP contribution >= 0.6 is 0 Å². The van der Waals surface area contributed by atoms with Crippen molar-refractivity contribution < 1.29 is 14.3 Å². The second kappa shape index (κ2) is 7.38. The minimum Gasteiger partial charge on any atom is -0.381 e. The molecule has 0 N–H and O–H groups in total. The van der Waals surface area contributed by atoms with E-state index in [9.17, 15) is 4.79 Å². The van der Waals surface area contributed by atoms with Crippen molar-refractivity contribution in [3.8, 4) is 11.8 Å². The summed E-state index contributed by atoms with van der Waals surface area (Å²) in [6, 6.07) is 3.86. The molecule has 2 aromatic rings. The first-order valence-electron chi connectivity index (χ1n) is 9.02. The summed E-state index contributed by atoms with van der Waals surface area (Å²) in [5, 5.41) is 5.49. The van der Waals surface area contributed by atoms with Crippen LogP contribution in [0.2, 0.25) is 0 Å². The maximum absolute atomic E-state index is 11.6. The quantitative estimate of drug-likeness (QED) is 0.623. The minimum atomic E-state index is -0.0371. The van der Waals surface area contributed by atoms with Gasteiger partial charge < -0.3 is 9.47 Å². The Morgan fingerprint density at radius 1 is 1.16 bits per heavy atom. The molecule has 1 unspecified atom stereocenters. The van der Waals surface area contributed by atoms with Gasteiger partial charge in [0.2, 0.25) is 0 Å². The first-order chi connectivity index (χ1) is 12.3. The summed E-state index contributed by atoms with van der Waals surface area (Å²) in [6.07, 6.45) is 7.80. The van der Waals surface area contributed by atoms with Crippen LogP contribution in [-0.2, 0) is 9.47 Å². The Morgan fingerprint density at radius 2 is 2.04 bits per heavy atom. The van der Waals surface area contributed by atoms with Crippen LogP contribution in [0.15, 0.2) is 18.3 Å². The number of aromatic nitrogens is 2. The summed E-state index contributed by atoms with van der Waals surface area (Å²) in [5.74, 6) is 6.87. The second-order valence-electron chi connectivity index (χ2n) is 6.68. The first-order valence-corrected chi connectivity index (χ1v) is 9.02. The number of hydrogen-bond donors (Lipinski definition) is 0. The van der Waals surface area contributed by atoms with Crippen LogP contribution < -0.4 is 0 Å². The smallest absolute Gasteiger partial charge is 0.151 e. The highest BCUT2D eigenvalue weighted by atomic mass is 16.5. The van der Waals surface area contributed by atoms with Crippen molar-refractivity contribution in [3.63, 3.8) is 0 Å². The van der Waals surface area contributed by atoms with E-state index in [0.29, 0.717) is 11.5 Å². The van der Waals surface area contributed by atoms with Crippen molar-refractivity contribution in [2.75, 3.05) is 19.8 Å². The highest BCUT2D eigenvalue weighted by molar-refractivity contribution is 5.90. The maximum atomic E-state index is 11.6. The number of carbonyl (C=O) groups is 1. The molecule has 25 heavy (non-hydrogen) atoms. The van der Waals surface area contributed by atoms with Gasteiger partial charge in [0.25, 0.3) is 0 Å². The Labute approximate surface area is 147 Å². The molecule has 130 valence electrons. The molecular formula is C20H22N2O3. The van der Waals surface area contributed by atoms with E-state index >= 15 is 0 Å². The number of benzene rings is 1. The first kappa shape index (κ1) is 16.3. The van der Waals surface area contributed by atoms with E-state index in [4.69, 9.17) is 9.47 Å². The standard InChI is InChI=1S/C20H22N2O3/c23-14-18-12-19-17(13-21-22(19)20-3-1-2-8-25-20)11-16(18)5-4-15-6-9-24-10-7-15/h11-15,20H,1-3,6-10H2. The van der Waals surface area contributed by atoms with Crippen molar-refractivity contribution in [2.24, 2.45) is 5.92 Å². The molecule has 5 nitrogen and oxygen atoms in total. The summed E-state index contributed by atoms with van der Waals surface area (Å²) in [5.41, 5.74) is 2.33. The van der Waals surface area contributed by atoms with Gasteiger partial charge in [-0.2, -0.15) is 5.10 Å².